The molecule has 2 aliphatic rings. The van der Waals surface area contributed by atoms with Crippen molar-refractivity contribution in [1.29, 1.82) is 0 Å². The second-order valence-corrected chi connectivity index (χ2v) is 4.00. The molecule has 2 heterocycles. The second kappa shape index (κ2) is 2.80. The molecule has 0 saturated carbocycles. The van der Waals surface area contributed by atoms with Gasteiger partial charge in [-0.25, -0.2) is 0 Å². The van der Waals surface area contributed by atoms with Crippen LogP contribution < -0.4 is 0 Å². The highest BCUT2D eigenvalue weighted by atomic mass is 16.1. The summed E-state index contributed by atoms with van der Waals surface area (Å²) in [4.78, 5) is 11.7. The topological polar surface area (TPSA) is 32.7 Å². The van der Waals surface area contributed by atoms with Crippen molar-refractivity contribution < 1.29 is 4.79 Å². The van der Waals surface area contributed by atoms with Gasteiger partial charge in [0.2, 0.25) is 0 Å². The fraction of sp³-hybridized carbons (Fsp3) is 0.455. The number of hydrazone groups is 1. The van der Waals surface area contributed by atoms with Crippen molar-refractivity contribution >= 4 is 11.5 Å². The van der Waals surface area contributed by atoms with E-state index >= 15 is 0 Å². The molecule has 0 saturated heterocycles. The minimum Gasteiger partial charge on any atom is -0.299 e. The third-order valence-corrected chi connectivity index (χ3v) is 3.27. The number of Topliss-reactive ketones (excluding diaryl/α,β-unsaturated/α-hetero) is 1. The fourth-order valence-corrected chi connectivity index (χ4v) is 1.99. The molecule has 2 unspecified atom stereocenters. The standard InChI is InChI=1S/C11H14N2O/c1-8-11(3,9(2)14)10-6-4-5-7-13(10)12-8/h4-7,10H,1-3H3. The van der Waals surface area contributed by atoms with Gasteiger partial charge in [-0.2, -0.15) is 5.10 Å². The first kappa shape index (κ1) is 9.19. The van der Waals surface area contributed by atoms with Crippen molar-refractivity contribution in [2.45, 2.75) is 26.8 Å². The first-order valence-corrected chi connectivity index (χ1v) is 4.77. The molecule has 0 aromatic carbocycles. The summed E-state index contributed by atoms with van der Waals surface area (Å²) in [5.41, 5.74) is 0.438. The van der Waals surface area contributed by atoms with E-state index in [0.717, 1.165) is 5.71 Å². The van der Waals surface area contributed by atoms with Gasteiger partial charge < -0.3 is 0 Å². The van der Waals surface area contributed by atoms with Gasteiger partial charge in [-0.15, -0.1) is 0 Å². The normalized spacial score (nSPS) is 34.4. The Bertz CT molecular complexity index is 367. The van der Waals surface area contributed by atoms with E-state index in [9.17, 15) is 4.79 Å². The average molecular weight is 190 g/mol. The van der Waals surface area contributed by atoms with E-state index < -0.39 is 5.41 Å². The molecule has 14 heavy (non-hydrogen) atoms. The molecule has 3 nitrogen and oxygen atoms in total. The van der Waals surface area contributed by atoms with Gasteiger partial charge in [0.1, 0.15) is 5.78 Å². The molecular formula is C11H14N2O. The van der Waals surface area contributed by atoms with Crippen molar-refractivity contribution in [2.75, 3.05) is 0 Å². The average Bonchev–Trinajstić information content (AvgIpc) is 2.41. The number of ketones is 1. The number of nitrogens with zero attached hydrogens (tertiary/aromatic N) is 2. The molecule has 2 atom stereocenters. The Morgan fingerprint density at radius 1 is 1.57 bits per heavy atom. The summed E-state index contributed by atoms with van der Waals surface area (Å²) < 4.78 is 0. The molecule has 0 spiro atoms. The second-order valence-electron chi connectivity index (χ2n) is 4.00. The first-order valence-electron chi connectivity index (χ1n) is 4.77. The molecule has 74 valence electrons. The summed E-state index contributed by atoms with van der Waals surface area (Å²) in [6, 6.07) is 0.0602. The van der Waals surface area contributed by atoms with Crippen molar-refractivity contribution in [3.8, 4) is 0 Å². The molecule has 3 heteroatoms. The maximum absolute atomic E-state index is 11.7. The van der Waals surface area contributed by atoms with E-state index in [1.165, 1.54) is 0 Å². The largest absolute Gasteiger partial charge is 0.299 e. The highest BCUT2D eigenvalue weighted by Crippen LogP contribution is 2.37. The van der Waals surface area contributed by atoms with Gasteiger partial charge in [-0.05, 0) is 26.8 Å². The predicted octanol–water partition coefficient (Wildman–Crippen LogP) is 1.73. The van der Waals surface area contributed by atoms with Crippen LogP contribution in [0.3, 0.4) is 0 Å². The number of hydrogen-bond acceptors (Lipinski definition) is 3. The molecule has 2 aliphatic heterocycles. The summed E-state index contributed by atoms with van der Waals surface area (Å²) in [6.07, 6.45) is 7.83. The SMILES string of the molecule is CC(=O)C1(C)C(C)=NN2C=CC=CC21. The maximum atomic E-state index is 11.7. The summed E-state index contributed by atoms with van der Waals surface area (Å²) in [5, 5.41) is 6.23. The number of hydrogen-bond donors (Lipinski definition) is 0. The molecular weight excluding hydrogens is 176 g/mol. The smallest absolute Gasteiger partial charge is 0.143 e. The molecule has 0 radical (unpaired) electrons. The van der Waals surface area contributed by atoms with Crippen LogP contribution in [0.5, 0.6) is 0 Å². The van der Waals surface area contributed by atoms with Gasteiger partial charge in [-0.1, -0.05) is 12.2 Å². The lowest BCUT2D eigenvalue weighted by molar-refractivity contribution is -0.123. The van der Waals surface area contributed by atoms with Gasteiger partial charge in [-0.3, -0.25) is 9.80 Å². The Morgan fingerprint density at radius 2 is 2.29 bits per heavy atom. The monoisotopic (exact) mass is 190 g/mol. The summed E-state index contributed by atoms with van der Waals surface area (Å²) in [7, 11) is 0. The number of carbonyl (C=O) groups is 1. The Kier molecular flexibility index (Phi) is 1.84. The van der Waals surface area contributed by atoms with Crippen LogP contribution in [0.15, 0.2) is 29.5 Å². The fourth-order valence-electron chi connectivity index (χ4n) is 1.99. The van der Waals surface area contributed by atoms with Gasteiger partial charge >= 0.3 is 0 Å². The zero-order valence-electron chi connectivity index (χ0n) is 8.69. The molecule has 2 rings (SSSR count). The Hall–Kier alpha value is -1.38. The number of carbonyl (C=O) groups excluding carboxylic acids is 1. The van der Waals surface area contributed by atoms with E-state index in [-0.39, 0.29) is 11.8 Å². The summed E-state index contributed by atoms with van der Waals surface area (Å²) in [6.45, 7) is 5.51. The highest BCUT2D eigenvalue weighted by Gasteiger charge is 2.47. The highest BCUT2D eigenvalue weighted by molar-refractivity contribution is 6.09. The van der Waals surface area contributed by atoms with Crippen LogP contribution in [0.2, 0.25) is 0 Å². The van der Waals surface area contributed by atoms with Crippen molar-refractivity contribution in [3.05, 3.63) is 24.4 Å². The minimum atomic E-state index is -0.457. The van der Waals surface area contributed by atoms with Gasteiger partial charge in [0.05, 0.1) is 17.2 Å². The lowest BCUT2D eigenvalue weighted by atomic mass is 9.75. The number of fused-ring (bicyclic) bond motifs is 1. The molecule has 0 aliphatic carbocycles. The lowest BCUT2D eigenvalue weighted by Crippen LogP contribution is -2.44. The van der Waals surface area contributed by atoms with Crippen molar-refractivity contribution in [3.63, 3.8) is 0 Å². The van der Waals surface area contributed by atoms with E-state index in [4.69, 9.17) is 0 Å². The molecule has 0 aromatic rings. The molecule has 0 aromatic heterocycles. The van der Waals surface area contributed by atoms with Gasteiger partial charge in [0, 0.05) is 6.20 Å². The van der Waals surface area contributed by atoms with Crippen LogP contribution in [0.1, 0.15) is 20.8 Å². The van der Waals surface area contributed by atoms with Crippen molar-refractivity contribution in [1.82, 2.24) is 5.01 Å². The predicted molar refractivity (Wildman–Crippen MR) is 55.8 cm³/mol. The molecule has 0 N–H and O–H groups in total. The van der Waals surface area contributed by atoms with E-state index in [0.29, 0.717) is 0 Å². The quantitative estimate of drug-likeness (QED) is 0.630. The Balaban J connectivity index is 2.45. The number of allylic oxidation sites excluding steroid dienone is 2. The third kappa shape index (κ3) is 0.983. The van der Waals surface area contributed by atoms with Crippen molar-refractivity contribution in [2.24, 2.45) is 10.5 Å². The van der Waals surface area contributed by atoms with E-state index in [1.54, 1.807) is 6.92 Å². The van der Waals surface area contributed by atoms with Crippen LogP contribution in [-0.2, 0) is 4.79 Å². The first-order chi connectivity index (χ1) is 6.56. The van der Waals surface area contributed by atoms with Crippen LogP contribution in [0, 0.1) is 5.41 Å². The molecule has 0 fully saturated rings. The Morgan fingerprint density at radius 3 is 2.93 bits per heavy atom. The summed E-state index contributed by atoms with van der Waals surface area (Å²) in [5.74, 6) is 0.172. The van der Waals surface area contributed by atoms with Crippen LogP contribution in [0.25, 0.3) is 0 Å². The zero-order chi connectivity index (χ0) is 10.3. The van der Waals surface area contributed by atoms with Crippen LogP contribution >= 0.6 is 0 Å². The lowest BCUT2D eigenvalue weighted by Gasteiger charge is -2.31. The maximum Gasteiger partial charge on any atom is 0.143 e. The minimum absolute atomic E-state index is 0.0602. The van der Waals surface area contributed by atoms with E-state index in [1.807, 2.05) is 43.3 Å². The molecule has 0 bridgehead atoms. The third-order valence-electron chi connectivity index (χ3n) is 3.27. The summed E-state index contributed by atoms with van der Waals surface area (Å²) >= 11 is 0. The Labute approximate surface area is 83.8 Å². The van der Waals surface area contributed by atoms with Crippen LogP contribution in [-0.4, -0.2) is 22.5 Å². The van der Waals surface area contributed by atoms with E-state index in [2.05, 4.69) is 5.10 Å². The number of rotatable bonds is 1. The zero-order valence-corrected chi connectivity index (χ0v) is 8.69. The van der Waals surface area contributed by atoms with Crippen LogP contribution in [0.4, 0.5) is 0 Å². The van der Waals surface area contributed by atoms with Gasteiger partial charge in [0.15, 0.2) is 0 Å². The molecule has 0 amide bonds. The van der Waals surface area contributed by atoms with Gasteiger partial charge in [0.25, 0.3) is 0 Å².